The van der Waals surface area contributed by atoms with Crippen molar-refractivity contribution in [3.05, 3.63) is 22.7 Å². The second-order valence-corrected chi connectivity index (χ2v) is 8.84. The van der Waals surface area contributed by atoms with E-state index in [9.17, 15) is 14.4 Å². The van der Waals surface area contributed by atoms with Gasteiger partial charge in [0.15, 0.2) is 0 Å². The molecule has 1 rings (SSSR count). The number of amides is 1. The van der Waals surface area contributed by atoms with Gasteiger partial charge in [-0.05, 0) is 65.3 Å². The van der Waals surface area contributed by atoms with Crippen LogP contribution in [0, 0.1) is 5.41 Å². The molecule has 0 aromatic carbocycles. The molecule has 0 radical (unpaired) electrons. The summed E-state index contributed by atoms with van der Waals surface area (Å²) in [6.45, 7) is 10.2. The van der Waals surface area contributed by atoms with E-state index in [4.69, 9.17) is 15.2 Å². The van der Waals surface area contributed by atoms with Gasteiger partial charge in [-0.15, -0.1) is 37.2 Å². The Kier molecular flexibility index (Phi) is 22.5. The van der Waals surface area contributed by atoms with Gasteiger partial charge in [-0.2, -0.15) is 0 Å². The fourth-order valence-electron chi connectivity index (χ4n) is 3.93. The molecule has 9 nitrogen and oxygen atoms in total. The van der Waals surface area contributed by atoms with Gasteiger partial charge in [0.1, 0.15) is 0 Å². The highest BCUT2D eigenvalue weighted by atomic mass is 35.5. The lowest BCUT2D eigenvalue weighted by Crippen LogP contribution is -2.36. The van der Waals surface area contributed by atoms with E-state index in [1.807, 2.05) is 0 Å². The monoisotopic (exact) mass is 574 g/mol. The quantitative estimate of drug-likeness (QED) is 0.154. The second-order valence-electron chi connectivity index (χ2n) is 8.84. The maximum atomic E-state index is 13.0. The van der Waals surface area contributed by atoms with Gasteiger partial charge in [-0.3, -0.25) is 14.4 Å². The Morgan fingerprint density at radius 2 is 1.28 bits per heavy atom. The maximum absolute atomic E-state index is 13.0. The Morgan fingerprint density at radius 3 is 1.78 bits per heavy atom. The van der Waals surface area contributed by atoms with Gasteiger partial charge in [-0.1, -0.05) is 13.8 Å². The van der Waals surface area contributed by atoms with Crippen LogP contribution in [-0.4, -0.2) is 71.0 Å². The smallest absolute Gasteiger partial charge is 0.228 e. The summed E-state index contributed by atoms with van der Waals surface area (Å²) in [5.74, 6) is -1.18. The number of nitrogens with one attached hydrogen (secondary N) is 3. The van der Waals surface area contributed by atoms with Crippen molar-refractivity contribution in [3.8, 4) is 0 Å². The molecule has 1 aliphatic rings. The Labute approximate surface area is 234 Å². The normalized spacial score (nSPS) is 13.5. The van der Waals surface area contributed by atoms with Crippen molar-refractivity contribution in [1.29, 1.82) is 0 Å². The molecule has 0 aromatic heterocycles. The molecular formula is C24H45Cl3N4O5. The Bertz CT molecular complexity index is 758. The molecule has 5 N–H and O–H groups in total. The molecule has 36 heavy (non-hydrogen) atoms. The number of halogens is 3. The first kappa shape index (κ1) is 39.2. The lowest BCUT2D eigenvalue weighted by atomic mass is 9.73. The van der Waals surface area contributed by atoms with E-state index in [2.05, 4.69) is 16.0 Å². The molecule has 0 aliphatic heterocycles. The van der Waals surface area contributed by atoms with E-state index in [0.29, 0.717) is 12.1 Å². The molecule has 0 aromatic rings. The van der Waals surface area contributed by atoms with Gasteiger partial charge in [0.25, 0.3) is 0 Å². The summed E-state index contributed by atoms with van der Waals surface area (Å²) in [7, 11) is 2.65. The average molecular weight is 576 g/mol. The number of unbranched alkanes of at least 4 members (excludes halogenated alkanes) is 1. The second kappa shape index (κ2) is 20.7. The summed E-state index contributed by atoms with van der Waals surface area (Å²) in [4.78, 5) is 38.1. The number of rotatable bonds is 17. The summed E-state index contributed by atoms with van der Waals surface area (Å²) in [6, 6.07) is 0. The van der Waals surface area contributed by atoms with Crippen LogP contribution < -0.4 is 21.7 Å². The number of Topliss-reactive ketones (excluding diaryl/α,β-unsaturated/α-hetero) is 2. The van der Waals surface area contributed by atoms with Gasteiger partial charge in [0, 0.05) is 29.5 Å². The summed E-state index contributed by atoms with van der Waals surface area (Å²) in [5, 5.41) is 9.64. The summed E-state index contributed by atoms with van der Waals surface area (Å²) >= 11 is 0. The zero-order valence-electron chi connectivity index (χ0n) is 22.1. The third kappa shape index (κ3) is 12.3. The van der Waals surface area contributed by atoms with Crippen LogP contribution >= 0.6 is 37.2 Å². The van der Waals surface area contributed by atoms with Crippen LogP contribution in [0.25, 0.3) is 0 Å². The van der Waals surface area contributed by atoms with E-state index in [1.54, 1.807) is 20.8 Å². The van der Waals surface area contributed by atoms with Crippen molar-refractivity contribution >= 4 is 54.7 Å². The molecule has 1 amide bonds. The van der Waals surface area contributed by atoms with Crippen LogP contribution in [-0.2, 0) is 23.9 Å². The first-order valence-electron chi connectivity index (χ1n) is 11.7. The highest BCUT2D eigenvalue weighted by molar-refractivity contribution is 6.24. The SMILES string of the molecule is COC1=C(OC)C(=O)C(C(C)(C)CC(=O)NCCCNCCCCNCCCN)=C(C)C1=O.Cl.Cl.Cl. The van der Waals surface area contributed by atoms with Crippen LogP contribution in [0.1, 0.15) is 52.9 Å². The van der Waals surface area contributed by atoms with Gasteiger partial charge in [-0.25, -0.2) is 0 Å². The van der Waals surface area contributed by atoms with E-state index in [-0.39, 0.29) is 66.6 Å². The number of ether oxygens (including phenoxy) is 2. The minimum absolute atomic E-state index is 0. The number of ketones is 2. The summed E-state index contributed by atoms with van der Waals surface area (Å²) in [5.41, 5.74) is 5.20. The van der Waals surface area contributed by atoms with Crippen molar-refractivity contribution in [2.45, 2.75) is 52.9 Å². The first-order valence-corrected chi connectivity index (χ1v) is 11.7. The first-order chi connectivity index (χ1) is 15.7. The number of carbonyl (C=O) groups excluding carboxylic acids is 3. The van der Waals surface area contributed by atoms with Crippen molar-refractivity contribution in [1.82, 2.24) is 16.0 Å². The predicted molar refractivity (Wildman–Crippen MR) is 150 cm³/mol. The van der Waals surface area contributed by atoms with Gasteiger partial charge in [0.2, 0.25) is 29.0 Å². The highest BCUT2D eigenvalue weighted by Crippen LogP contribution is 2.39. The van der Waals surface area contributed by atoms with Crippen LogP contribution in [0.4, 0.5) is 0 Å². The number of methoxy groups -OCH3 is 2. The number of nitrogens with two attached hydrogens (primary N) is 1. The largest absolute Gasteiger partial charge is 0.489 e. The lowest BCUT2D eigenvalue weighted by Gasteiger charge is -2.31. The van der Waals surface area contributed by atoms with E-state index < -0.39 is 17.0 Å². The summed E-state index contributed by atoms with van der Waals surface area (Å²) < 4.78 is 10.2. The molecular weight excluding hydrogens is 531 g/mol. The van der Waals surface area contributed by atoms with Gasteiger partial charge in [0.05, 0.1) is 14.2 Å². The standard InChI is InChI=1S/C24H42N4O5.3ClH/c1-17-19(21(31)23(33-5)22(32-4)20(17)30)24(2,3)16-18(29)28-15-9-14-27-12-7-6-11-26-13-8-10-25;;;/h26-27H,6-16,25H2,1-5H3,(H,28,29);3*1H. The maximum Gasteiger partial charge on any atom is 0.228 e. The number of hydrogen-bond acceptors (Lipinski definition) is 8. The van der Waals surface area contributed by atoms with Crippen molar-refractivity contribution in [2.24, 2.45) is 11.1 Å². The van der Waals surface area contributed by atoms with Crippen molar-refractivity contribution < 1.29 is 23.9 Å². The fourth-order valence-corrected chi connectivity index (χ4v) is 3.93. The van der Waals surface area contributed by atoms with Crippen LogP contribution in [0.2, 0.25) is 0 Å². The van der Waals surface area contributed by atoms with Gasteiger partial charge < -0.3 is 31.2 Å². The third-order valence-electron chi connectivity index (χ3n) is 5.62. The number of hydrogen-bond donors (Lipinski definition) is 4. The highest BCUT2D eigenvalue weighted by Gasteiger charge is 2.42. The zero-order chi connectivity index (χ0) is 24.9. The van der Waals surface area contributed by atoms with Gasteiger partial charge >= 0.3 is 0 Å². The Balaban J connectivity index is -0.00000363. The van der Waals surface area contributed by atoms with Crippen molar-refractivity contribution in [3.63, 3.8) is 0 Å². The fraction of sp³-hybridized carbons (Fsp3) is 0.708. The number of carbonyl (C=O) groups is 3. The Hall–Kier alpha value is -1.36. The molecule has 12 heteroatoms. The predicted octanol–water partition coefficient (Wildman–Crippen LogP) is 2.46. The summed E-state index contributed by atoms with van der Waals surface area (Å²) in [6.07, 6.45) is 4.12. The van der Waals surface area contributed by atoms with Crippen LogP contribution in [0.5, 0.6) is 0 Å². The molecule has 1 aliphatic carbocycles. The molecule has 0 bridgehead atoms. The number of allylic oxidation sites excluding steroid dienone is 2. The molecule has 0 saturated heterocycles. The van der Waals surface area contributed by atoms with E-state index >= 15 is 0 Å². The minimum atomic E-state index is -0.833. The molecule has 0 heterocycles. The molecule has 0 saturated carbocycles. The van der Waals surface area contributed by atoms with Crippen molar-refractivity contribution in [2.75, 3.05) is 53.5 Å². The Morgan fingerprint density at radius 1 is 0.806 bits per heavy atom. The van der Waals surface area contributed by atoms with Crippen LogP contribution in [0.3, 0.4) is 0 Å². The molecule has 0 atom stereocenters. The molecule has 0 unspecified atom stereocenters. The van der Waals surface area contributed by atoms with E-state index in [1.165, 1.54) is 14.2 Å². The third-order valence-corrected chi connectivity index (χ3v) is 5.62. The zero-order valence-corrected chi connectivity index (χ0v) is 24.6. The molecule has 0 spiro atoms. The average Bonchev–Trinajstić information content (AvgIpc) is 2.76. The molecule has 212 valence electrons. The lowest BCUT2D eigenvalue weighted by molar-refractivity contribution is -0.124. The topological polar surface area (TPSA) is 132 Å². The van der Waals surface area contributed by atoms with E-state index in [0.717, 1.165) is 58.4 Å². The minimum Gasteiger partial charge on any atom is -0.489 e. The van der Waals surface area contributed by atoms with Crippen LogP contribution in [0.15, 0.2) is 22.7 Å². The molecule has 0 fully saturated rings.